The first-order valence-electron chi connectivity index (χ1n) is 7.13. The Hall–Kier alpha value is -2.64. The topological polar surface area (TPSA) is 95.3 Å². The molecule has 0 saturated heterocycles. The van der Waals surface area contributed by atoms with Crippen molar-refractivity contribution >= 4 is 23.1 Å². The van der Waals surface area contributed by atoms with Crippen LogP contribution in [0.4, 0.5) is 4.79 Å². The van der Waals surface area contributed by atoms with Gasteiger partial charge in [-0.3, -0.25) is 0 Å². The van der Waals surface area contributed by atoms with Gasteiger partial charge in [0.1, 0.15) is 22.2 Å². The van der Waals surface area contributed by atoms with Gasteiger partial charge in [0.05, 0.1) is 0 Å². The van der Waals surface area contributed by atoms with E-state index >= 15 is 0 Å². The quantitative estimate of drug-likeness (QED) is 0.865. The fraction of sp³-hybridized carbons (Fsp3) is 0.467. The van der Waals surface area contributed by atoms with Crippen LogP contribution in [-0.4, -0.2) is 38.4 Å². The predicted octanol–water partition coefficient (Wildman–Crippen LogP) is 1.69. The van der Waals surface area contributed by atoms with Crippen molar-refractivity contribution in [3.8, 4) is 0 Å². The fourth-order valence-electron chi connectivity index (χ4n) is 1.72. The second-order valence-corrected chi connectivity index (χ2v) is 6.58. The summed E-state index contributed by atoms with van der Waals surface area (Å²) in [7, 11) is 0. The summed E-state index contributed by atoms with van der Waals surface area (Å²) in [6, 6.07) is 7.05. The molecular formula is C15H20N4O4. The van der Waals surface area contributed by atoms with Gasteiger partial charge in [0.25, 0.3) is 0 Å². The molecule has 0 saturated carbocycles. The number of fused-ring (bicyclic) bond motifs is 1. The molecule has 0 unspecified atom stereocenters. The molecular weight excluding hydrogens is 300 g/mol. The molecule has 0 bridgehead atoms. The minimum Gasteiger partial charge on any atom is -0.444 e. The van der Waals surface area contributed by atoms with Crippen LogP contribution in [0.5, 0.6) is 0 Å². The first-order chi connectivity index (χ1) is 10.6. The number of hydrogen-bond acceptors (Lipinski definition) is 6. The largest absolute Gasteiger partial charge is 0.444 e. The van der Waals surface area contributed by atoms with Crippen molar-refractivity contribution in [2.24, 2.45) is 0 Å². The Morgan fingerprint density at radius 3 is 2.43 bits per heavy atom. The Bertz CT molecular complexity index is 730. The molecule has 0 fully saturated rings. The molecule has 0 radical (unpaired) electrons. The van der Waals surface area contributed by atoms with Crippen molar-refractivity contribution in [3.05, 3.63) is 24.3 Å². The number of carbonyl (C=O) groups is 2. The van der Waals surface area contributed by atoms with Gasteiger partial charge in [0.2, 0.25) is 0 Å². The zero-order valence-electron chi connectivity index (χ0n) is 13.8. The molecule has 2 rings (SSSR count). The van der Waals surface area contributed by atoms with Crippen LogP contribution in [0, 0.1) is 0 Å². The van der Waals surface area contributed by atoms with Crippen LogP contribution in [0.2, 0.25) is 0 Å². The number of alkyl carbamates (subject to hydrolysis) is 1. The van der Waals surface area contributed by atoms with E-state index in [1.807, 2.05) is 0 Å². The summed E-state index contributed by atoms with van der Waals surface area (Å²) >= 11 is 0. The van der Waals surface area contributed by atoms with Crippen LogP contribution >= 0.6 is 0 Å². The molecule has 0 spiro atoms. The van der Waals surface area contributed by atoms with Gasteiger partial charge in [-0.25, -0.2) is 9.59 Å². The highest BCUT2D eigenvalue weighted by atomic mass is 16.7. The van der Waals surface area contributed by atoms with Crippen LogP contribution < -0.4 is 10.2 Å². The zero-order valence-corrected chi connectivity index (χ0v) is 13.8. The Labute approximate surface area is 133 Å². The molecule has 2 aromatic rings. The number of ether oxygens (including phenoxy) is 1. The molecule has 0 aliphatic heterocycles. The Morgan fingerprint density at radius 2 is 1.78 bits per heavy atom. The molecule has 0 aliphatic rings. The van der Waals surface area contributed by atoms with E-state index in [4.69, 9.17) is 9.57 Å². The number of aromatic nitrogens is 3. The van der Waals surface area contributed by atoms with Gasteiger partial charge in [-0.2, -0.15) is 0 Å². The number of nitrogens with one attached hydrogen (secondary N) is 1. The maximum absolute atomic E-state index is 12.3. The van der Waals surface area contributed by atoms with E-state index in [9.17, 15) is 9.59 Å². The van der Waals surface area contributed by atoms with E-state index in [2.05, 4.69) is 15.6 Å². The van der Waals surface area contributed by atoms with Gasteiger partial charge in [0.15, 0.2) is 0 Å². The van der Waals surface area contributed by atoms with E-state index in [0.29, 0.717) is 11.0 Å². The third-order valence-electron chi connectivity index (χ3n) is 2.81. The van der Waals surface area contributed by atoms with E-state index in [-0.39, 0.29) is 0 Å². The van der Waals surface area contributed by atoms with Crippen LogP contribution in [0.1, 0.15) is 34.6 Å². The number of amides is 1. The molecule has 1 aromatic carbocycles. The third kappa shape index (κ3) is 4.18. The van der Waals surface area contributed by atoms with Crippen molar-refractivity contribution in [1.82, 2.24) is 20.5 Å². The summed E-state index contributed by atoms with van der Waals surface area (Å²) in [5, 5.41) is 10.1. The maximum atomic E-state index is 12.3. The lowest BCUT2D eigenvalue weighted by Gasteiger charge is -2.26. The van der Waals surface area contributed by atoms with E-state index in [0.717, 1.165) is 4.85 Å². The number of nitrogens with zero attached hydrogens (tertiary/aromatic N) is 3. The van der Waals surface area contributed by atoms with Gasteiger partial charge in [0, 0.05) is 0 Å². The monoisotopic (exact) mass is 320 g/mol. The van der Waals surface area contributed by atoms with Crippen LogP contribution in [0.15, 0.2) is 24.3 Å². The first-order valence-corrected chi connectivity index (χ1v) is 7.13. The first kappa shape index (κ1) is 16.7. The molecule has 1 N–H and O–H groups in total. The average Bonchev–Trinajstić information content (AvgIpc) is 2.79. The fourth-order valence-corrected chi connectivity index (χ4v) is 1.72. The number of para-hydroxylation sites is 1. The molecule has 0 aliphatic carbocycles. The molecule has 8 heteroatoms. The van der Waals surface area contributed by atoms with Crippen molar-refractivity contribution < 1.29 is 19.2 Å². The summed E-state index contributed by atoms with van der Waals surface area (Å²) < 4.78 is 5.14. The summed E-state index contributed by atoms with van der Waals surface area (Å²) in [6.45, 7) is 8.23. The van der Waals surface area contributed by atoms with E-state index in [1.165, 1.54) is 13.8 Å². The maximum Gasteiger partial charge on any atom is 0.408 e. The van der Waals surface area contributed by atoms with Crippen molar-refractivity contribution in [2.45, 2.75) is 45.8 Å². The second-order valence-electron chi connectivity index (χ2n) is 6.58. The van der Waals surface area contributed by atoms with Gasteiger partial charge < -0.3 is 14.9 Å². The summed E-state index contributed by atoms with van der Waals surface area (Å²) in [6.07, 6.45) is -0.706. The summed E-state index contributed by atoms with van der Waals surface area (Å²) in [4.78, 5) is 30.3. The molecule has 124 valence electrons. The average molecular weight is 320 g/mol. The standard InChI is InChI=1S/C15H20N4O4/c1-14(2,3)22-13(21)16-15(4,5)12(20)23-19-11-9-7-6-8-10(11)17-18-19/h6-9H,1-5H3,(H,16,21). The second kappa shape index (κ2) is 5.86. The summed E-state index contributed by atoms with van der Waals surface area (Å²) in [5.41, 5.74) is -0.811. The molecule has 0 atom stereocenters. The van der Waals surface area contributed by atoms with Crippen molar-refractivity contribution in [2.75, 3.05) is 0 Å². The van der Waals surface area contributed by atoms with Gasteiger partial charge in [-0.05, 0) is 52.0 Å². The minimum absolute atomic E-state index is 0.550. The molecule has 1 amide bonds. The van der Waals surface area contributed by atoms with E-state index in [1.54, 1.807) is 45.0 Å². The van der Waals surface area contributed by atoms with Gasteiger partial charge >= 0.3 is 12.1 Å². The lowest BCUT2D eigenvalue weighted by atomic mass is 10.1. The third-order valence-corrected chi connectivity index (χ3v) is 2.81. The highest BCUT2D eigenvalue weighted by Gasteiger charge is 2.34. The Kier molecular flexibility index (Phi) is 4.26. The number of hydrogen-bond donors (Lipinski definition) is 1. The van der Waals surface area contributed by atoms with Crippen LogP contribution in [0.25, 0.3) is 11.0 Å². The Morgan fingerprint density at radius 1 is 1.13 bits per heavy atom. The SMILES string of the molecule is CC(C)(C)OC(=O)NC(C)(C)C(=O)On1nnc2ccccc21. The molecule has 1 heterocycles. The molecule has 8 nitrogen and oxygen atoms in total. The lowest BCUT2D eigenvalue weighted by molar-refractivity contribution is -0.152. The zero-order chi connectivity index (χ0) is 17.3. The smallest absolute Gasteiger partial charge is 0.408 e. The normalized spacial score (nSPS) is 12.0. The van der Waals surface area contributed by atoms with Crippen molar-refractivity contribution in [3.63, 3.8) is 0 Å². The highest BCUT2D eigenvalue weighted by Crippen LogP contribution is 2.12. The van der Waals surface area contributed by atoms with Gasteiger partial charge in [-0.15, -0.1) is 5.10 Å². The van der Waals surface area contributed by atoms with Crippen LogP contribution in [-0.2, 0) is 9.53 Å². The minimum atomic E-state index is -1.30. The number of carbonyl (C=O) groups excluding carboxylic acids is 2. The highest BCUT2D eigenvalue weighted by molar-refractivity contribution is 5.85. The Balaban J connectivity index is 2.08. The molecule has 1 aromatic heterocycles. The summed E-state index contributed by atoms with van der Waals surface area (Å²) in [5.74, 6) is -0.695. The van der Waals surface area contributed by atoms with E-state index < -0.39 is 23.2 Å². The molecule has 23 heavy (non-hydrogen) atoms. The number of benzene rings is 1. The van der Waals surface area contributed by atoms with Gasteiger partial charge in [-0.1, -0.05) is 17.0 Å². The predicted molar refractivity (Wildman–Crippen MR) is 82.6 cm³/mol. The van der Waals surface area contributed by atoms with Crippen LogP contribution in [0.3, 0.4) is 0 Å². The number of rotatable bonds is 3. The lowest BCUT2D eigenvalue weighted by Crippen LogP contribution is -2.54. The van der Waals surface area contributed by atoms with Crippen molar-refractivity contribution in [1.29, 1.82) is 0 Å².